The van der Waals surface area contributed by atoms with E-state index in [0.29, 0.717) is 72.4 Å². The molecule has 0 spiro atoms. The third-order valence-electron chi connectivity index (χ3n) is 8.77. The number of aromatic hydroxyl groups is 1. The smallest absolute Gasteiger partial charge is 0.319 e. The van der Waals surface area contributed by atoms with Crippen molar-refractivity contribution in [3.8, 4) is 35.4 Å². The Morgan fingerprint density at radius 1 is 1.17 bits per heavy atom. The molecule has 2 aromatic heterocycles. The number of nitrogens with zero attached hydrogens (tertiary/aromatic N) is 5. The minimum atomic E-state index is -0.893. The zero-order valence-electron chi connectivity index (χ0n) is 23.2. The molecule has 3 aliphatic heterocycles. The number of hydrogen-bond acceptors (Lipinski definition) is 8. The zero-order chi connectivity index (χ0) is 28.8. The van der Waals surface area contributed by atoms with Gasteiger partial charge in [0.25, 0.3) is 0 Å². The molecule has 42 heavy (non-hydrogen) atoms. The van der Waals surface area contributed by atoms with Crippen LogP contribution in [-0.2, 0) is 4.74 Å². The quantitative estimate of drug-likeness (QED) is 0.341. The molecule has 216 valence electrons. The number of fused-ring (bicyclic) bond motifs is 3. The number of terminal acetylenes is 1. The number of alkyl halides is 1. The number of anilines is 1. The maximum Gasteiger partial charge on any atom is 0.319 e. The number of ether oxygens (including phenoxy) is 2. The largest absolute Gasteiger partial charge is 0.508 e. The van der Waals surface area contributed by atoms with E-state index < -0.39 is 17.5 Å². The van der Waals surface area contributed by atoms with Crippen LogP contribution in [0.15, 0.2) is 36.5 Å². The third-order valence-corrected chi connectivity index (χ3v) is 8.77. The highest BCUT2D eigenvalue weighted by Gasteiger charge is 2.49. The Balaban J connectivity index is 1.37. The van der Waals surface area contributed by atoms with Crippen LogP contribution in [0.2, 0.25) is 0 Å². The summed E-state index contributed by atoms with van der Waals surface area (Å²) in [5, 5.41) is 12.2. The van der Waals surface area contributed by atoms with Crippen LogP contribution in [0, 0.1) is 18.2 Å². The number of halogens is 2. The van der Waals surface area contributed by atoms with Crippen LogP contribution in [0.25, 0.3) is 32.9 Å². The molecule has 2 atom stereocenters. The lowest BCUT2D eigenvalue weighted by Gasteiger charge is -2.31. The Kier molecular flexibility index (Phi) is 6.79. The van der Waals surface area contributed by atoms with E-state index in [9.17, 15) is 9.50 Å². The van der Waals surface area contributed by atoms with E-state index >= 15 is 4.39 Å². The molecular formula is C32H31F2N5O3. The summed E-state index contributed by atoms with van der Waals surface area (Å²) in [6.07, 6.45) is 9.47. The zero-order valence-corrected chi connectivity index (χ0v) is 23.2. The van der Waals surface area contributed by atoms with E-state index in [1.54, 1.807) is 24.4 Å². The predicted octanol–water partition coefficient (Wildman–Crippen LogP) is 4.85. The van der Waals surface area contributed by atoms with Crippen LogP contribution in [0.1, 0.15) is 31.2 Å². The summed E-state index contributed by atoms with van der Waals surface area (Å²) in [5.74, 6) is 2.47. The van der Waals surface area contributed by atoms with Crippen molar-refractivity contribution >= 4 is 27.5 Å². The summed E-state index contributed by atoms with van der Waals surface area (Å²) < 4.78 is 42.9. The minimum absolute atomic E-state index is 0.0116. The number of benzene rings is 2. The first-order valence-corrected chi connectivity index (χ1v) is 14.4. The van der Waals surface area contributed by atoms with Gasteiger partial charge in [-0.15, -0.1) is 6.42 Å². The van der Waals surface area contributed by atoms with Crippen molar-refractivity contribution in [1.82, 2.24) is 19.9 Å². The van der Waals surface area contributed by atoms with Gasteiger partial charge in [-0.3, -0.25) is 9.88 Å². The molecule has 0 unspecified atom stereocenters. The second kappa shape index (κ2) is 10.6. The Bertz CT molecular complexity index is 1720. The van der Waals surface area contributed by atoms with Crippen LogP contribution in [0.3, 0.4) is 0 Å². The predicted molar refractivity (Wildman–Crippen MR) is 156 cm³/mol. The van der Waals surface area contributed by atoms with Gasteiger partial charge in [-0.2, -0.15) is 9.97 Å². The van der Waals surface area contributed by atoms with E-state index in [0.717, 1.165) is 25.8 Å². The molecule has 3 aliphatic rings. The molecule has 8 nitrogen and oxygen atoms in total. The fourth-order valence-electron chi connectivity index (χ4n) is 6.84. The summed E-state index contributed by atoms with van der Waals surface area (Å²) >= 11 is 0. The molecule has 10 heteroatoms. The van der Waals surface area contributed by atoms with Crippen LogP contribution in [0.4, 0.5) is 14.6 Å². The lowest BCUT2D eigenvalue weighted by Crippen LogP contribution is -2.43. The van der Waals surface area contributed by atoms with E-state index in [1.165, 1.54) is 6.07 Å². The standard InChI is InChI=1S/C32H31F2N5O3/c1-2-20-6-3-7-21-14-23(40)15-24(26(20)21)28-27(34)29-25(17-35-28)30(38-9-5-12-41-13-11-38)37-31(36-29)42-19-32-8-4-10-39(32)18-22(33)16-32/h1,3,6-7,14-15,17,22,40H,4-5,8-13,16,18-19H2/t22-,32+/m1/s1. The number of hydrogen-bond donors (Lipinski definition) is 1. The van der Waals surface area contributed by atoms with Gasteiger partial charge in [-0.05, 0) is 49.4 Å². The highest BCUT2D eigenvalue weighted by Crippen LogP contribution is 2.41. The van der Waals surface area contributed by atoms with Crippen LogP contribution in [-0.4, -0.2) is 82.7 Å². The maximum absolute atomic E-state index is 16.6. The molecule has 0 bridgehead atoms. The monoisotopic (exact) mass is 571 g/mol. The Labute approximate surface area is 242 Å². The van der Waals surface area contributed by atoms with Gasteiger partial charge in [-0.1, -0.05) is 18.1 Å². The van der Waals surface area contributed by atoms with Crippen molar-refractivity contribution in [3.05, 3.63) is 47.9 Å². The molecule has 3 fully saturated rings. The topological polar surface area (TPSA) is 83.8 Å². The average molecular weight is 572 g/mol. The molecular weight excluding hydrogens is 540 g/mol. The van der Waals surface area contributed by atoms with Crippen LogP contribution < -0.4 is 9.64 Å². The normalized spacial score (nSPS) is 22.8. The lowest BCUT2D eigenvalue weighted by molar-refractivity contribution is 0.107. The van der Waals surface area contributed by atoms with Gasteiger partial charge in [-0.25, -0.2) is 8.78 Å². The molecule has 4 aromatic rings. The molecule has 2 aromatic carbocycles. The SMILES string of the molecule is C#Cc1cccc2cc(O)cc(-c3ncc4c(N5CCCOCC5)nc(OC[C@@]56CCCN5C[C@H](F)C6)nc4c3F)c12. The summed E-state index contributed by atoms with van der Waals surface area (Å²) in [6.45, 7) is 3.84. The fraction of sp³-hybridized carbons (Fsp3) is 0.406. The average Bonchev–Trinajstić information content (AvgIpc) is 3.37. The van der Waals surface area contributed by atoms with Crippen molar-refractivity contribution in [1.29, 1.82) is 0 Å². The number of rotatable bonds is 5. The first kappa shape index (κ1) is 26.8. The van der Waals surface area contributed by atoms with Gasteiger partial charge in [0, 0.05) is 55.4 Å². The van der Waals surface area contributed by atoms with E-state index in [4.69, 9.17) is 20.9 Å². The summed E-state index contributed by atoms with van der Waals surface area (Å²) in [6, 6.07) is 8.46. The van der Waals surface area contributed by atoms with Crippen molar-refractivity contribution < 1.29 is 23.4 Å². The number of phenolic OH excluding ortho intramolecular Hbond substituents is 1. The van der Waals surface area contributed by atoms with Crippen LogP contribution in [0.5, 0.6) is 11.8 Å². The first-order valence-electron chi connectivity index (χ1n) is 14.4. The highest BCUT2D eigenvalue weighted by molar-refractivity contribution is 6.02. The van der Waals surface area contributed by atoms with Crippen molar-refractivity contribution in [3.63, 3.8) is 0 Å². The Hall–Kier alpha value is -4.07. The van der Waals surface area contributed by atoms with Gasteiger partial charge in [0.2, 0.25) is 0 Å². The van der Waals surface area contributed by atoms with E-state index in [-0.39, 0.29) is 29.6 Å². The lowest BCUT2D eigenvalue weighted by atomic mass is 9.95. The van der Waals surface area contributed by atoms with E-state index in [1.807, 2.05) is 11.0 Å². The summed E-state index contributed by atoms with van der Waals surface area (Å²) in [5.41, 5.74) is 0.587. The molecule has 0 aliphatic carbocycles. The molecule has 1 N–H and O–H groups in total. The molecule has 3 saturated heterocycles. The Morgan fingerprint density at radius 3 is 2.95 bits per heavy atom. The maximum atomic E-state index is 16.6. The molecule has 0 radical (unpaired) electrons. The summed E-state index contributed by atoms with van der Waals surface area (Å²) in [4.78, 5) is 18.0. The highest BCUT2D eigenvalue weighted by atomic mass is 19.1. The van der Waals surface area contributed by atoms with Gasteiger partial charge >= 0.3 is 6.01 Å². The number of phenols is 1. The minimum Gasteiger partial charge on any atom is -0.508 e. The van der Waals surface area contributed by atoms with Gasteiger partial charge < -0.3 is 19.5 Å². The molecule has 5 heterocycles. The third kappa shape index (κ3) is 4.57. The van der Waals surface area contributed by atoms with E-state index in [2.05, 4.69) is 20.8 Å². The van der Waals surface area contributed by atoms with Gasteiger partial charge in [0.05, 0.1) is 17.5 Å². The molecule has 7 rings (SSSR count). The first-order chi connectivity index (χ1) is 20.5. The van der Waals surface area contributed by atoms with Crippen LogP contribution >= 0.6 is 0 Å². The number of pyridine rings is 1. The second-order valence-electron chi connectivity index (χ2n) is 11.4. The second-order valence-corrected chi connectivity index (χ2v) is 11.4. The van der Waals surface area contributed by atoms with Crippen molar-refractivity contribution in [2.45, 2.75) is 37.4 Å². The van der Waals surface area contributed by atoms with Gasteiger partial charge in [0.15, 0.2) is 5.82 Å². The van der Waals surface area contributed by atoms with Crippen molar-refractivity contribution in [2.75, 3.05) is 50.9 Å². The van der Waals surface area contributed by atoms with Gasteiger partial charge in [0.1, 0.15) is 35.6 Å². The number of aromatic nitrogens is 3. The van der Waals surface area contributed by atoms with Crippen molar-refractivity contribution in [2.24, 2.45) is 0 Å². The molecule has 0 amide bonds. The summed E-state index contributed by atoms with van der Waals surface area (Å²) in [7, 11) is 0. The fourth-order valence-corrected chi connectivity index (χ4v) is 6.84. The molecule has 0 saturated carbocycles. The Morgan fingerprint density at radius 2 is 2.07 bits per heavy atom.